The van der Waals surface area contributed by atoms with Gasteiger partial charge in [-0.15, -0.1) is 0 Å². The van der Waals surface area contributed by atoms with Crippen LogP contribution in [0.25, 0.3) is 0 Å². The summed E-state index contributed by atoms with van der Waals surface area (Å²) in [5.41, 5.74) is 3.16. The summed E-state index contributed by atoms with van der Waals surface area (Å²) in [7, 11) is 0. The minimum absolute atomic E-state index is 0.0000242. The first-order valence-corrected chi connectivity index (χ1v) is 11.7. The molecule has 1 saturated heterocycles. The van der Waals surface area contributed by atoms with Gasteiger partial charge >= 0.3 is 11.9 Å². The van der Waals surface area contributed by atoms with Crippen molar-refractivity contribution in [3.05, 3.63) is 94.0 Å². The van der Waals surface area contributed by atoms with E-state index < -0.39 is 30.2 Å². The number of halogens is 1. The first-order valence-electron chi connectivity index (χ1n) is 11.4. The fourth-order valence-corrected chi connectivity index (χ4v) is 4.06. The van der Waals surface area contributed by atoms with Gasteiger partial charge in [-0.1, -0.05) is 35.4 Å². The molecule has 0 spiro atoms. The van der Waals surface area contributed by atoms with Crippen LogP contribution >= 0.6 is 11.6 Å². The highest BCUT2D eigenvalue weighted by Gasteiger charge is 2.37. The third-order valence-electron chi connectivity index (χ3n) is 6.01. The lowest BCUT2D eigenvalue weighted by molar-refractivity contribution is -0.147. The van der Waals surface area contributed by atoms with Crippen LogP contribution in [0.5, 0.6) is 5.75 Å². The molecule has 0 unspecified atom stereocenters. The number of esters is 2. The van der Waals surface area contributed by atoms with Crippen LogP contribution in [0.2, 0.25) is 5.02 Å². The molecular weight excluding hydrogens is 482 g/mol. The number of hydrogen-bond acceptors (Lipinski definition) is 6. The van der Waals surface area contributed by atoms with E-state index in [9.17, 15) is 19.2 Å². The third-order valence-corrected chi connectivity index (χ3v) is 6.42. The van der Waals surface area contributed by atoms with Gasteiger partial charge in [0, 0.05) is 29.2 Å². The smallest absolute Gasteiger partial charge is 0.343 e. The maximum atomic E-state index is 12.5. The third kappa shape index (κ3) is 5.63. The lowest BCUT2D eigenvalue weighted by Crippen LogP contribution is -2.27. The van der Waals surface area contributed by atoms with Crippen molar-refractivity contribution in [2.24, 2.45) is 5.92 Å². The van der Waals surface area contributed by atoms with Crippen LogP contribution in [0.1, 0.15) is 38.3 Å². The Morgan fingerprint density at radius 2 is 1.61 bits per heavy atom. The molecule has 3 aromatic carbocycles. The molecule has 0 aromatic heterocycles. The van der Waals surface area contributed by atoms with E-state index in [4.69, 9.17) is 21.1 Å². The number of carbonyl (C=O) groups excluding carboxylic acids is 4. The van der Waals surface area contributed by atoms with Gasteiger partial charge < -0.3 is 14.4 Å². The number of ketones is 1. The molecule has 184 valence electrons. The Labute approximate surface area is 213 Å². The van der Waals surface area contributed by atoms with E-state index in [0.29, 0.717) is 21.8 Å². The normalized spacial score (nSPS) is 15.0. The largest absolute Gasteiger partial charge is 0.457 e. The number of aryl methyl sites for hydroxylation is 1. The SMILES string of the molecule is Cc1ccc(C(=O)Oc2ccc(C(=O)COC(=O)[C@@H]3CC(=O)N(c4cccc(Cl)c4C)C3)cc2)cc1. The second-order valence-corrected chi connectivity index (χ2v) is 9.01. The zero-order valence-electron chi connectivity index (χ0n) is 19.8. The molecule has 0 N–H and O–H groups in total. The molecule has 8 heteroatoms. The second-order valence-electron chi connectivity index (χ2n) is 8.60. The van der Waals surface area contributed by atoms with Gasteiger partial charge in [-0.25, -0.2) is 4.79 Å². The Hall–Kier alpha value is -3.97. The van der Waals surface area contributed by atoms with Gasteiger partial charge in [0.05, 0.1) is 11.5 Å². The quantitative estimate of drug-likeness (QED) is 0.256. The number of hydrogen-bond donors (Lipinski definition) is 0. The molecule has 3 aromatic rings. The molecule has 0 saturated carbocycles. The standard InChI is InChI=1S/C28H24ClNO6/c1-17-6-8-20(9-7-17)28(34)36-22-12-10-19(11-13-22)25(31)16-35-27(33)21-14-26(32)30(15-21)24-5-3-4-23(29)18(24)2/h3-13,21H,14-16H2,1-2H3/t21-/m1/s1. The van der Waals surface area contributed by atoms with E-state index in [0.717, 1.165) is 11.1 Å². The molecule has 1 aliphatic rings. The number of Topliss-reactive ketones (excluding diaryl/α,β-unsaturated/α-hetero) is 1. The average Bonchev–Trinajstić information content (AvgIpc) is 3.26. The number of amides is 1. The van der Waals surface area contributed by atoms with Crippen LogP contribution in [0.15, 0.2) is 66.7 Å². The summed E-state index contributed by atoms with van der Waals surface area (Å²) in [6.07, 6.45) is 0.0000242. The number of anilines is 1. The highest BCUT2D eigenvalue weighted by molar-refractivity contribution is 6.31. The first kappa shape index (κ1) is 25.1. The van der Waals surface area contributed by atoms with E-state index in [2.05, 4.69) is 0 Å². The summed E-state index contributed by atoms with van der Waals surface area (Å²) in [5, 5.41) is 0.535. The maximum absolute atomic E-state index is 12.5. The summed E-state index contributed by atoms with van der Waals surface area (Å²) >= 11 is 6.16. The average molecular weight is 506 g/mol. The Morgan fingerprint density at radius 1 is 0.944 bits per heavy atom. The highest BCUT2D eigenvalue weighted by atomic mass is 35.5. The number of carbonyl (C=O) groups is 4. The van der Waals surface area contributed by atoms with Crippen molar-refractivity contribution in [1.29, 1.82) is 0 Å². The molecular formula is C28H24ClNO6. The van der Waals surface area contributed by atoms with Crippen molar-refractivity contribution in [1.82, 2.24) is 0 Å². The Morgan fingerprint density at radius 3 is 2.31 bits per heavy atom. The van der Waals surface area contributed by atoms with E-state index in [-0.39, 0.29) is 24.6 Å². The molecule has 7 nitrogen and oxygen atoms in total. The van der Waals surface area contributed by atoms with E-state index in [1.165, 1.54) is 29.2 Å². The number of ether oxygens (including phenoxy) is 2. The Bertz CT molecular complexity index is 1320. The Kier molecular flexibility index (Phi) is 7.50. The lowest BCUT2D eigenvalue weighted by atomic mass is 10.1. The van der Waals surface area contributed by atoms with Crippen molar-refractivity contribution < 1.29 is 28.7 Å². The van der Waals surface area contributed by atoms with Crippen LogP contribution in [-0.4, -0.2) is 36.8 Å². The molecule has 36 heavy (non-hydrogen) atoms. The summed E-state index contributed by atoms with van der Waals surface area (Å²) < 4.78 is 10.5. The van der Waals surface area contributed by atoms with Gasteiger partial charge in [-0.05, 0) is 67.9 Å². The lowest BCUT2D eigenvalue weighted by Gasteiger charge is -2.19. The van der Waals surface area contributed by atoms with E-state index in [1.807, 2.05) is 26.0 Å². The first-order chi connectivity index (χ1) is 17.2. The zero-order valence-corrected chi connectivity index (χ0v) is 20.6. The fraction of sp³-hybridized carbons (Fsp3) is 0.214. The van der Waals surface area contributed by atoms with Crippen molar-refractivity contribution in [3.63, 3.8) is 0 Å². The zero-order chi connectivity index (χ0) is 25.8. The molecule has 1 atom stereocenters. The summed E-state index contributed by atoms with van der Waals surface area (Å²) in [6.45, 7) is 3.44. The highest BCUT2D eigenvalue weighted by Crippen LogP contribution is 2.31. The van der Waals surface area contributed by atoms with Gasteiger partial charge in [0.2, 0.25) is 5.91 Å². The number of rotatable bonds is 7. The molecule has 1 fully saturated rings. The fourth-order valence-electron chi connectivity index (χ4n) is 3.89. The van der Waals surface area contributed by atoms with Crippen LogP contribution < -0.4 is 9.64 Å². The molecule has 0 bridgehead atoms. The van der Waals surface area contributed by atoms with Crippen LogP contribution in [0, 0.1) is 19.8 Å². The van der Waals surface area contributed by atoms with Gasteiger partial charge in [0.1, 0.15) is 5.75 Å². The van der Waals surface area contributed by atoms with E-state index in [1.54, 1.807) is 30.3 Å². The molecule has 0 radical (unpaired) electrons. The van der Waals surface area contributed by atoms with Crippen molar-refractivity contribution in [2.75, 3.05) is 18.1 Å². The monoisotopic (exact) mass is 505 g/mol. The van der Waals surface area contributed by atoms with Crippen molar-refractivity contribution in [3.8, 4) is 5.75 Å². The van der Waals surface area contributed by atoms with E-state index >= 15 is 0 Å². The summed E-state index contributed by atoms with van der Waals surface area (Å²) in [6, 6.07) is 18.2. The second kappa shape index (κ2) is 10.7. The topological polar surface area (TPSA) is 90.0 Å². The summed E-state index contributed by atoms with van der Waals surface area (Å²) in [4.78, 5) is 51.3. The van der Waals surface area contributed by atoms with Crippen LogP contribution in [0.4, 0.5) is 5.69 Å². The molecule has 0 aliphatic carbocycles. The maximum Gasteiger partial charge on any atom is 0.343 e. The van der Waals surface area contributed by atoms with Crippen molar-refractivity contribution >= 4 is 40.9 Å². The Balaban J connectivity index is 1.30. The van der Waals surface area contributed by atoms with Crippen molar-refractivity contribution in [2.45, 2.75) is 20.3 Å². The molecule has 4 rings (SSSR count). The van der Waals surface area contributed by atoms with Gasteiger partial charge in [-0.3, -0.25) is 14.4 Å². The van der Waals surface area contributed by atoms with Crippen LogP contribution in [-0.2, 0) is 14.3 Å². The number of benzene rings is 3. The van der Waals surface area contributed by atoms with Gasteiger partial charge in [0.15, 0.2) is 12.4 Å². The van der Waals surface area contributed by atoms with Gasteiger partial charge in [-0.2, -0.15) is 0 Å². The molecule has 1 heterocycles. The minimum atomic E-state index is -0.674. The minimum Gasteiger partial charge on any atom is -0.457 e. The summed E-state index contributed by atoms with van der Waals surface area (Å²) in [5.74, 6) is -2.11. The molecule has 1 amide bonds. The predicted octanol–water partition coefficient (Wildman–Crippen LogP) is 4.96. The molecule has 1 aliphatic heterocycles. The van der Waals surface area contributed by atoms with Crippen LogP contribution in [0.3, 0.4) is 0 Å². The van der Waals surface area contributed by atoms with Gasteiger partial charge in [0.25, 0.3) is 0 Å². The predicted molar refractivity (Wildman–Crippen MR) is 135 cm³/mol. The number of nitrogens with zero attached hydrogens (tertiary/aromatic N) is 1.